The Morgan fingerprint density at radius 1 is 0.719 bits per heavy atom. The highest BCUT2D eigenvalue weighted by Gasteiger charge is 2.85. The summed E-state index contributed by atoms with van der Waals surface area (Å²) in [7, 11) is 0. The first-order chi connectivity index (χ1) is 29.7. The van der Waals surface area contributed by atoms with Crippen molar-refractivity contribution in [3.8, 4) is 0 Å². The van der Waals surface area contributed by atoms with Crippen LogP contribution in [0.25, 0.3) is 0 Å². The lowest BCUT2D eigenvalue weighted by Crippen LogP contribution is -2.65. The Morgan fingerprint density at radius 2 is 1.38 bits per heavy atom. The number of rotatable bonds is 10. The predicted octanol–water partition coefficient (Wildman–Crippen LogP) is 2.44. The number of esters is 3. The van der Waals surface area contributed by atoms with Gasteiger partial charge in [0.25, 0.3) is 0 Å². The number of hydrogen-bond acceptors (Lipinski definition) is 17. The molecule has 3 heterocycles. The molecule has 0 aromatic carbocycles. The number of aliphatic hydroxyl groups is 6. The lowest BCUT2D eigenvalue weighted by molar-refractivity contribution is -0.339. The first-order valence-electron chi connectivity index (χ1n) is 23.5. The van der Waals surface area contributed by atoms with E-state index in [1.54, 1.807) is 13.8 Å². The molecule has 0 amide bonds. The highest BCUT2D eigenvalue weighted by molar-refractivity contribution is 5.67. The van der Waals surface area contributed by atoms with Crippen LogP contribution in [-0.4, -0.2) is 153 Å². The largest absolute Gasteiger partial charge is 0.462 e. The molecule has 2 spiro atoms. The first-order valence-corrected chi connectivity index (χ1v) is 23.5. The van der Waals surface area contributed by atoms with Gasteiger partial charge in [-0.1, -0.05) is 27.7 Å². The minimum absolute atomic E-state index is 0.0253. The van der Waals surface area contributed by atoms with E-state index in [1.165, 1.54) is 20.8 Å². The van der Waals surface area contributed by atoms with E-state index in [0.717, 1.165) is 25.7 Å². The minimum Gasteiger partial charge on any atom is -0.462 e. The number of carbonyl (C=O) groups excluding carboxylic acids is 3. The van der Waals surface area contributed by atoms with E-state index >= 15 is 0 Å². The highest BCUT2D eigenvalue weighted by atomic mass is 16.7. The molecule has 21 atom stereocenters. The number of carbonyl (C=O) groups is 3. The Hall–Kier alpha value is -2.03. The zero-order chi connectivity index (χ0) is 46.9. The molecule has 0 aromatic rings. The second kappa shape index (κ2) is 16.3. The van der Waals surface area contributed by atoms with Crippen molar-refractivity contribution in [2.75, 3.05) is 13.2 Å². The predicted molar refractivity (Wildman–Crippen MR) is 222 cm³/mol. The summed E-state index contributed by atoms with van der Waals surface area (Å²) in [6.07, 6.45) is -8.04. The molecule has 5 aliphatic carbocycles. The molecule has 364 valence electrons. The van der Waals surface area contributed by atoms with Gasteiger partial charge in [0.1, 0.15) is 36.6 Å². The second-order valence-corrected chi connectivity index (χ2v) is 22.8. The molecule has 3 aliphatic heterocycles. The third kappa shape index (κ3) is 7.39. The van der Waals surface area contributed by atoms with Crippen LogP contribution < -0.4 is 0 Å². The van der Waals surface area contributed by atoms with Gasteiger partial charge in [-0.25, -0.2) is 0 Å². The normalized spacial score (nSPS) is 51.8. The molecule has 17 nitrogen and oxygen atoms in total. The maximum Gasteiger partial charge on any atom is 0.303 e. The van der Waals surface area contributed by atoms with Crippen molar-refractivity contribution in [1.82, 2.24) is 0 Å². The molecule has 3 saturated heterocycles. The Morgan fingerprint density at radius 3 is 1.98 bits per heavy atom. The molecule has 0 aromatic heterocycles. The Balaban J connectivity index is 1.17. The van der Waals surface area contributed by atoms with E-state index in [2.05, 4.69) is 34.6 Å². The van der Waals surface area contributed by atoms with Gasteiger partial charge in [-0.3, -0.25) is 14.4 Å². The lowest BCUT2D eigenvalue weighted by Gasteiger charge is -2.65. The van der Waals surface area contributed by atoms with E-state index in [1.807, 2.05) is 0 Å². The van der Waals surface area contributed by atoms with Crippen LogP contribution in [0.3, 0.4) is 0 Å². The Bertz CT molecular complexity index is 1800. The van der Waals surface area contributed by atoms with Crippen molar-refractivity contribution in [3.63, 3.8) is 0 Å². The zero-order valence-corrected chi connectivity index (χ0v) is 39.2. The van der Waals surface area contributed by atoms with Gasteiger partial charge < -0.3 is 68.5 Å². The molecule has 8 rings (SSSR count). The van der Waals surface area contributed by atoms with Gasteiger partial charge in [-0.15, -0.1) is 0 Å². The SMILES string of the molecule is CC(=O)OC1CC2(C)C3CC(OC4OC(CO)C(O)C(O)C4O)C4C(C)(C)C(OC5OCC(O)C(OC(C)=O)C5OC(C)=O)CCC45CC35CCC2(C)C1C1(C)CCC(C(C)(C)O)O1. The fourth-order valence-electron chi connectivity index (χ4n) is 15.8. The van der Waals surface area contributed by atoms with Gasteiger partial charge in [0.15, 0.2) is 24.8 Å². The average Bonchev–Trinajstić information content (AvgIpc) is 3.54. The van der Waals surface area contributed by atoms with E-state index in [4.69, 9.17) is 37.9 Å². The Kier molecular flexibility index (Phi) is 12.3. The topological polar surface area (TPSA) is 246 Å². The van der Waals surface area contributed by atoms with Crippen molar-refractivity contribution in [3.05, 3.63) is 0 Å². The molecule has 8 aliphatic rings. The third-order valence-corrected chi connectivity index (χ3v) is 18.5. The average molecular weight is 911 g/mol. The highest BCUT2D eigenvalue weighted by Crippen LogP contribution is 2.89. The molecule has 6 N–H and O–H groups in total. The molecule has 0 bridgehead atoms. The maximum absolute atomic E-state index is 13.0. The van der Waals surface area contributed by atoms with E-state index in [-0.39, 0.29) is 52.7 Å². The van der Waals surface area contributed by atoms with E-state index in [9.17, 15) is 45.0 Å². The summed E-state index contributed by atoms with van der Waals surface area (Å²) in [5, 5.41) is 65.2. The molecule has 17 heteroatoms. The van der Waals surface area contributed by atoms with Crippen LogP contribution in [0.2, 0.25) is 0 Å². The van der Waals surface area contributed by atoms with Crippen molar-refractivity contribution < 1.29 is 82.9 Å². The van der Waals surface area contributed by atoms with Crippen LogP contribution in [-0.2, 0) is 52.3 Å². The zero-order valence-electron chi connectivity index (χ0n) is 39.2. The van der Waals surface area contributed by atoms with Crippen molar-refractivity contribution >= 4 is 17.9 Å². The van der Waals surface area contributed by atoms with Crippen LogP contribution in [0.5, 0.6) is 0 Å². The van der Waals surface area contributed by atoms with Crippen LogP contribution in [0.4, 0.5) is 0 Å². The number of aliphatic hydroxyl groups excluding tert-OH is 5. The van der Waals surface area contributed by atoms with E-state index < -0.39 is 114 Å². The molecule has 5 saturated carbocycles. The molecule has 8 fully saturated rings. The van der Waals surface area contributed by atoms with Gasteiger partial charge in [0.05, 0.1) is 42.7 Å². The molecular formula is C47H74O17. The molecule has 64 heavy (non-hydrogen) atoms. The summed E-state index contributed by atoms with van der Waals surface area (Å²) < 4.78 is 50.2. The number of ether oxygens (including phenoxy) is 8. The van der Waals surface area contributed by atoms with Crippen molar-refractivity contribution in [1.29, 1.82) is 0 Å². The lowest BCUT2D eigenvalue weighted by atomic mass is 9.41. The summed E-state index contributed by atoms with van der Waals surface area (Å²) in [6, 6.07) is 0. The Labute approximate surface area is 376 Å². The number of fused-ring (bicyclic) bond motifs is 2. The second-order valence-electron chi connectivity index (χ2n) is 22.8. The van der Waals surface area contributed by atoms with Crippen molar-refractivity contribution in [2.45, 2.75) is 218 Å². The minimum atomic E-state index is -1.65. The smallest absolute Gasteiger partial charge is 0.303 e. The fraction of sp³-hybridized carbons (Fsp3) is 0.936. The quantitative estimate of drug-likeness (QED) is 0.105. The third-order valence-electron chi connectivity index (χ3n) is 18.5. The molecular weight excluding hydrogens is 836 g/mol. The summed E-state index contributed by atoms with van der Waals surface area (Å²) in [6.45, 7) is 17.5. The van der Waals surface area contributed by atoms with Gasteiger partial charge in [-0.05, 0) is 117 Å². The van der Waals surface area contributed by atoms with Gasteiger partial charge in [-0.2, -0.15) is 0 Å². The standard InChI is InChI=1S/C47H74O17/c1-22(49)58-27-18-44(9)29-17-26(61-39-34(55)33(54)32(53)28(19-48)62-39)37-41(4,5)30(63-40-36(60-24(3)51)35(59-23(2)50)25(52)20-57-40)12-14-47(37)21-46(29,47)16-15-43(44,8)38(27)45(10)13-11-31(64-45)42(6,7)56/h25-40,48,52-56H,11-21H2,1-10H3. The van der Waals surface area contributed by atoms with Crippen LogP contribution in [0.15, 0.2) is 0 Å². The fourth-order valence-corrected chi connectivity index (χ4v) is 15.8. The maximum atomic E-state index is 13.0. The monoisotopic (exact) mass is 910 g/mol. The first kappa shape index (κ1) is 48.4. The van der Waals surface area contributed by atoms with Crippen LogP contribution >= 0.6 is 0 Å². The van der Waals surface area contributed by atoms with Crippen LogP contribution in [0, 0.1) is 44.8 Å². The number of hydrogen-bond donors (Lipinski definition) is 6. The molecule has 0 radical (unpaired) electrons. The van der Waals surface area contributed by atoms with Gasteiger partial charge >= 0.3 is 17.9 Å². The van der Waals surface area contributed by atoms with Crippen LogP contribution in [0.1, 0.15) is 127 Å². The van der Waals surface area contributed by atoms with Gasteiger partial charge in [0.2, 0.25) is 0 Å². The summed E-state index contributed by atoms with van der Waals surface area (Å²) in [4.78, 5) is 37.5. The summed E-state index contributed by atoms with van der Waals surface area (Å²) in [5.41, 5.74) is -3.72. The summed E-state index contributed by atoms with van der Waals surface area (Å²) in [5.74, 6) is -2.11. The summed E-state index contributed by atoms with van der Waals surface area (Å²) >= 11 is 0. The molecule has 21 unspecified atom stereocenters. The van der Waals surface area contributed by atoms with Crippen molar-refractivity contribution in [2.24, 2.45) is 44.8 Å². The van der Waals surface area contributed by atoms with Gasteiger partial charge in [0, 0.05) is 26.7 Å². The van der Waals surface area contributed by atoms with E-state index in [0.29, 0.717) is 32.1 Å².